The first-order valence-corrected chi connectivity index (χ1v) is 10.9. The lowest BCUT2D eigenvalue weighted by molar-refractivity contribution is -0.154. The van der Waals surface area contributed by atoms with Crippen LogP contribution in [-0.2, 0) is 12.7 Å². The molecule has 2 aromatic carbocycles. The minimum Gasteiger partial charge on any atom is -0.454 e. The summed E-state index contributed by atoms with van der Waals surface area (Å²) < 4.78 is 81.5. The fourth-order valence-corrected chi connectivity index (χ4v) is 3.20. The standard InChI is InChI=1S/C23H24F6N6O/c1-3-35(4-2)18-10-8-15(9-11-18)13-30-19-32-20(34-21(33-19)36-14-22(24,25)26)31-17-7-5-6-16(12-17)23(27,28)29/h5-12H,3-4,13-14H2,1-2H3,(H2,30,31,32,33,34). The summed E-state index contributed by atoms with van der Waals surface area (Å²) in [4.78, 5) is 13.8. The highest BCUT2D eigenvalue weighted by Gasteiger charge is 2.31. The highest BCUT2D eigenvalue weighted by atomic mass is 19.4. The third-order valence-electron chi connectivity index (χ3n) is 4.94. The van der Waals surface area contributed by atoms with Crippen molar-refractivity contribution < 1.29 is 31.1 Å². The van der Waals surface area contributed by atoms with Crippen molar-refractivity contribution in [2.24, 2.45) is 0 Å². The van der Waals surface area contributed by atoms with E-state index in [1.807, 2.05) is 38.1 Å². The fourth-order valence-electron chi connectivity index (χ4n) is 3.20. The van der Waals surface area contributed by atoms with Gasteiger partial charge in [0.15, 0.2) is 6.61 Å². The van der Waals surface area contributed by atoms with Gasteiger partial charge in [-0.15, -0.1) is 0 Å². The molecule has 1 heterocycles. The minimum atomic E-state index is -4.64. The van der Waals surface area contributed by atoms with Crippen molar-refractivity contribution in [2.75, 3.05) is 35.2 Å². The molecule has 0 aliphatic carbocycles. The largest absolute Gasteiger partial charge is 0.454 e. The number of hydrogen-bond acceptors (Lipinski definition) is 7. The molecule has 0 radical (unpaired) electrons. The molecular weight excluding hydrogens is 490 g/mol. The van der Waals surface area contributed by atoms with Gasteiger partial charge in [-0.2, -0.15) is 41.3 Å². The Kier molecular flexibility index (Phi) is 8.43. The van der Waals surface area contributed by atoms with E-state index < -0.39 is 30.5 Å². The van der Waals surface area contributed by atoms with Crippen molar-refractivity contribution in [2.45, 2.75) is 32.7 Å². The number of alkyl halides is 6. The molecule has 0 saturated carbocycles. The second-order valence-electron chi connectivity index (χ2n) is 7.56. The van der Waals surface area contributed by atoms with Gasteiger partial charge in [-0.05, 0) is 49.7 Å². The van der Waals surface area contributed by atoms with Gasteiger partial charge in [0.2, 0.25) is 11.9 Å². The average molecular weight is 514 g/mol. The van der Waals surface area contributed by atoms with Gasteiger partial charge in [0.25, 0.3) is 0 Å². The molecule has 0 aliphatic heterocycles. The van der Waals surface area contributed by atoms with Gasteiger partial charge in [-0.3, -0.25) is 0 Å². The van der Waals surface area contributed by atoms with E-state index in [2.05, 4.69) is 35.2 Å². The average Bonchev–Trinajstić information content (AvgIpc) is 2.82. The van der Waals surface area contributed by atoms with Gasteiger partial charge >= 0.3 is 18.4 Å². The number of anilines is 4. The van der Waals surface area contributed by atoms with E-state index >= 15 is 0 Å². The van der Waals surface area contributed by atoms with E-state index in [0.29, 0.717) is 0 Å². The smallest absolute Gasteiger partial charge is 0.422 e. The maximum Gasteiger partial charge on any atom is 0.422 e. The monoisotopic (exact) mass is 514 g/mol. The van der Waals surface area contributed by atoms with Crippen LogP contribution in [0.2, 0.25) is 0 Å². The predicted molar refractivity (Wildman–Crippen MR) is 123 cm³/mol. The predicted octanol–water partition coefficient (Wildman–Crippen LogP) is 6.03. The maximum atomic E-state index is 13.0. The second-order valence-corrected chi connectivity index (χ2v) is 7.56. The van der Waals surface area contributed by atoms with Crippen LogP contribution >= 0.6 is 0 Å². The molecule has 194 valence electrons. The van der Waals surface area contributed by atoms with Crippen molar-refractivity contribution in [3.05, 3.63) is 59.7 Å². The van der Waals surface area contributed by atoms with E-state index in [-0.39, 0.29) is 24.1 Å². The number of hydrogen-bond donors (Lipinski definition) is 2. The highest BCUT2D eigenvalue weighted by molar-refractivity contribution is 5.56. The number of aromatic nitrogens is 3. The Morgan fingerprint density at radius 1 is 0.861 bits per heavy atom. The molecule has 36 heavy (non-hydrogen) atoms. The fraction of sp³-hybridized carbons (Fsp3) is 0.348. The number of ether oxygens (including phenoxy) is 1. The molecular formula is C23H24F6N6O. The van der Waals surface area contributed by atoms with Crippen LogP contribution in [0.3, 0.4) is 0 Å². The summed E-state index contributed by atoms with van der Waals surface area (Å²) in [6, 6.07) is 11.2. The zero-order chi connectivity index (χ0) is 26.3. The molecule has 0 unspecified atom stereocenters. The molecule has 13 heteroatoms. The van der Waals surface area contributed by atoms with Crippen molar-refractivity contribution in [1.29, 1.82) is 0 Å². The van der Waals surface area contributed by atoms with E-state index in [0.717, 1.165) is 36.5 Å². The van der Waals surface area contributed by atoms with Crippen LogP contribution in [0.4, 0.5) is 49.6 Å². The third-order valence-corrected chi connectivity index (χ3v) is 4.94. The van der Waals surface area contributed by atoms with Gasteiger partial charge in [-0.1, -0.05) is 18.2 Å². The van der Waals surface area contributed by atoms with Crippen LogP contribution in [-0.4, -0.2) is 40.8 Å². The molecule has 0 amide bonds. The first kappa shape index (κ1) is 26.8. The lowest BCUT2D eigenvalue weighted by atomic mass is 10.2. The summed E-state index contributed by atoms with van der Waals surface area (Å²) in [6.45, 7) is 4.37. The molecule has 0 bridgehead atoms. The lowest BCUT2D eigenvalue weighted by Gasteiger charge is -2.21. The number of rotatable bonds is 10. The Balaban J connectivity index is 1.80. The Hall–Kier alpha value is -3.77. The van der Waals surface area contributed by atoms with Crippen LogP contribution in [0.5, 0.6) is 6.01 Å². The first-order chi connectivity index (χ1) is 17.0. The number of nitrogens with zero attached hydrogens (tertiary/aromatic N) is 4. The third kappa shape index (κ3) is 7.89. The molecule has 0 fully saturated rings. The summed E-state index contributed by atoms with van der Waals surface area (Å²) >= 11 is 0. The van der Waals surface area contributed by atoms with E-state index in [9.17, 15) is 26.3 Å². The van der Waals surface area contributed by atoms with E-state index in [1.54, 1.807) is 0 Å². The normalized spacial score (nSPS) is 11.8. The van der Waals surface area contributed by atoms with Crippen molar-refractivity contribution in [3.8, 4) is 6.01 Å². The van der Waals surface area contributed by atoms with E-state index in [1.165, 1.54) is 12.1 Å². The summed E-state index contributed by atoms with van der Waals surface area (Å²) in [5.74, 6) is -0.412. The van der Waals surface area contributed by atoms with Gasteiger partial charge in [0, 0.05) is 31.0 Å². The van der Waals surface area contributed by atoms with Gasteiger partial charge in [0.1, 0.15) is 0 Å². The quantitative estimate of drug-likeness (QED) is 0.320. The Morgan fingerprint density at radius 2 is 1.53 bits per heavy atom. The highest BCUT2D eigenvalue weighted by Crippen LogP contribution is 2.31. The SMILES string of the molecule is CCN(CC)c1ccc(CNc2nc(Nc3cccc(C(F)(F)F)c3)nc(OCC(F)(F)F)n2)cc1. The molecule has 3 aromatic rings. The Labute approximate surface area is 203 Å². The topological polar surface area (TPSA) is 75.2 Å². The van der Waals surface area contributed by atoms with Crippen LogP contribution in [0.25, 0.3) is 0 Å². The molecule has 2 N–H and O–H groups in total. The second kappa shape index (κ2) is 11.3. The van der Waals surface area contributed by atoms with Crippen molar-refractivity contribution in [3.63, 3.8) is 0 Å². The van der Waals surface area contributed by atoms with E-state index in [4.69, 9.17) is 0 Å². The maximum absolute atomic E-state index is 13.0. The van der Waals surface area contributed by atoms with Crippen LogP contribution in [0.1, 0.15) is 25.0 Å². The zero-order valence-corrected chi connectivity index (χ0v) is 19.4. The van der Waals surface area contributed by atoms with Gasteiger partial charge in [0.05, 0.1) is 5.56 Å². The number of halogens is 6. The molecule has 0 spiro atoms. The minimum absolute atomic E-state index is 0.0178. The summed E-state index contributed by atoms with van der Waals surface area (Å²) in [5, 5.41) is 5.44. The number of benzene rings is 2. The molecule has 1 aromatic heterocycles. The van der Waals surface area contributed by atoms with Crippen LogP contribution in [0, 0.1) is 0 Å². The molecule has 0 aliphatic rings. The molecule has 7 nitrogen and oxygen atoms in total. The van der Waals surface area contributed by atoms with Crippen LogP contribution < -0.4 is 20.3 Å². The molecule has 0 saturated heterocycles. The zero-order valence-electron chi connectivity index (χ0n) is 19.4. The van der Waals surface area contributed by atoms with Crippen molar-refractivity contribution in [1.82, 2.24) is 15.0 Å². The van der Waals surface area contributed by atoms with Gasteiger partial charge < -0.3 is 20.3 Å². The Bertz CT molecular complexity index is 1130. The Morgan fingerprint density at radius 3 is 2.14 bits per heavy atom. The van der Waals surface area contributed by atoms with Crippen molar-refractivity contribution >= 4 is 23.3 Å². The summed E-state index contributed by atoms with van der Waals surface area (Å²) in [7, 11) is 0. The summed E-state index contributed by atoms with van der Waals surface area (Å²) in [6.07, 6.45) is -9.22. The summed E-state index contributed by atoms with van der Waals surface area (Å²) in [5.41, 5.74) is 0.952. The lowest BCUT2D eigenvalue weighted by Crippen LogP contribution is -2.21. The van der Waals surface area contributed by atoms with Crippen LogP contribution in [0.15, 0.2) is 48.5 Å². The number of nitrogens with one attached hydrogen (secondary N) is 2. The molecule has 0 atom stereocenters. The van der Waals surface area contributed by atoms with Gasteiger partial charge in [-0.25, -0.2) is 0 Å². The first-order valence-electron chi connectivity index (χ1n) is 10.9. The molecule has 3 rings (SSSR count).